The van der Waals surface area contributed by atoms with Crippen LogP contribution < -0.4 is 5.73 Å². The highest BCUT2D eigenvalue weighted by atomic mass is 32.3. The minimum atomic E-state index is -4.53. The number of nitrogens with two attached hydrogens (primary N) is 1. The van der Waals surface area contributed by atoms with E-state index in [0.29, 0.717) is 0 Å². The van der Waals surface area contributed by atoms with Crippen LogP contribution in [0.1, 0.15) is 0 Å². The molecule has 0 unspecified atom stereocenters. The Bertz CT molecular complexity index is 248. The van der Waals surface area contributed by atoms with Gasteiger partial charge in [-0.2, -0.15) is 12.0 Å². The van der Waals surface area contributed by atoms with Gasteiger partial charge in [-0.25, -0.2) is 0 Å². The van der Waals surface area contributed by atoms with E-state index in [1.807, 2.05) is 0 Å². The van der Waals surface area contributed by atoms with E-state index in [1.165, 1.54) is 0 Å². The second-order valence-corrected chi connectivity index (χ2v) is 3.69. The fourth-order valence-electron chi connectivity index (χ4n) is 0.233. The van der Waals surface area contributed by atoms with Gasteiger partial charge in [-0.1, -0.05) is 0 Å². The van der Waals surface area contributed by atoms with Crippen molar-refractivity contribution in [1.82, 2.24) is 0 Å². The molecule has 0 fully saturated rings. The fourth-order valence-corrected chi connectivity index (χ4v) is 1.23. The van der Waals surface area contributed by atoms with Gasteiger partial charge in [-0.3, -0.25) is 9.35 Å². The van der Waals surface area contributed by atoms with Gasteiger partial charge in [0.1, 0.15) is 6.04 Å². The quantitative estimate of drug-likeness (QED) is 0.366. The van der Waals surface area contributed by atoms with Crippen LogP contribution in [0.15, 0.2) is 0 Å². The molecule has 0 aromatic heterocycles. The van der Waals surface area contributed by atoms with Gasteiger partial charge in [-0.05, 0) is 0 Å². The van der Waals surface area contributed by atoms with Gasteiger partial charge >= 0.3 is 16.4 Å². The molecule has 0 aliphatic carbocycles. The molecule has 0 saturated heterocycles. The highest BCUT2D eigenvalue weighted by Gasteiger charge is 2.14. The summed E-state index contributed by atoms with van der Waals surface area (Å²) in [6.07, 6.45) is 0. The van der Waals surface area contributed by atoms with Crippen molar-refractivity contribution in [3.63, 3.8) is 0 Å². The zero-order chi connectivity index (χ0) is 9.78. The molecule has 0 spiro atoms. The zero-order valence-corrected chi connectivity index (χ0v) is 7.84. The van der Waals surface area contributed by atoms with Crippen molar-refractivity contribution in [3.8, 4) is 0 Å². The van der Waals surface area contributed by atoms with Gasteiger partial charge < -0.3 is 16.3 Å². The van der Waals surface area contributed by atoms with Crippen LogP contribution in [0.25, 0.3) is 0 Å². The number of hydrogen-bond acceptors (Lipinski definition) is 6. The molecule has 6 N–H and O–H groups in total. The average molecular weight is 235 g/mol. The maximum atomic E-state index is 10.0. The number of carbonyl (C=O) groups is 1. The third kappa shape index (κ3) is 9.52. The van der Waals surface area contributed by atoms with Crippen molar-refractivity contribution < 1.29 is 32.0 Å². The Morgan fingerprint density at radius 2 is 2.08 bits per heavy atom. The monoisotopic (exact) mass is 235 g/mol. The van der Waals surface area contributed by atoms with Crippen molar-refractivity contribution in [2.75, 3.05) is 5.75 Å². The Morgan fingerprint density at radius 1 is 1.62 bits per heavy atom. The molecule has 0 aromatic rings. The molecule has 0 amide bonds. The Balaban J connectivity index is 0. The molecule has 0 bridgehead atoms. The molecule has 0 radical (unpaired) electrons. The SMILES string of the molecule is N[C@@H](CSOS(=O)(=O)O)C(=O)O.O. The van der Waals surface area contributed by atoms with Gasteiger partial charge in [0.15, 0.2) is 0 Å². The summed E-state index contributed by atoms with van der Waals surface area (Å²) in [5.74, 6) is -1.55. The van der Waals surface area contributed by atoms with Gasteiger partial charge in [0, 0.05) is 17.8 Å². The van der Waals surface area contributed by atoms with Crippen molar-refractivity contribution in [1.29, 1.82) is 0 Å². The summed E-state index contributed by atoms with van der Waals surface area (Å²) in [5, 5.41) is 8.21. The molecule has 1 atom stereocenters. The third-order valence-electron chi connectivity index (χ3n) is 0.699. The molecule has 13 heavy (non-hydrogen) atoms. The maximum Gasteiger partial charge on any atom is 0.408 e. The normalized spacial score (nSPS) is 13.1. The van der Waals surface area contributed by atoms with E-state index in [-0.39, 0.29) is 23.3 Å². The minimum absolute atomic E-state index is 0. The number of carboxylic acid groups (broad SMARTS) is 1. The van der Waals surface area contributed by atoms with E-state index in [0.717, 1.165) is 0 Å². The summed E-state index contributed by atoms with van der Waals surface area (Å²) >= 11 is 0.253. The first kappa shape index (κ1) is 15.1. The first-order valence-electron chi connectivity index (χ1n) is 2.60. The molecular weight excluding hydrogens is 226 g/mol. The summed E-state index contributed by atoms with van der Waals surface area (Å²) < 4.78 is 31.6. The maximum absolute atomic E-state index is 10.0. The van der Waals surface area contributed by atoms with Crippen LogP contribution in [0.4, 0.5) is 0 Å². The van der Waals surface area contributed by atoms with Crippen molar-refractivity contribution >= 4 is 28.4 Å². The molecule has 0 heterocycles. The van der Waals surface area contributed by atoms with E-state index in [1.54, 1.807) is 0 Å². The van der Waals surface area contributed by atoms with Crippen LogP contribution in [-0.2, 0) is 18.8 Å². The van der Waals surface area contributed by atoms with E-state index >= 15 is 0 Å². The van der Waals surface area contributed by atoms with Crippen LogP contribution in [-0.4, -0.2) is 41.3 Å². The van der Waals surface area contributed by atoms with Crippen LogP contribution in [0, 0.1) is 0 Å². The van der Waals surface area contributed by atoms with Crippen LogP contribution in [0.3, 0.4) is 0 Å². The Morgan fingerprint density at radius 3 is 2.38 bits per heavy atom. The van der Waals surface area contributed by atoms with E-state index in [2.05, 4.69) is 3.63 Å². The molecule has 0 rings (SSSR count). The first-order chi connectivity index (χ1) is 5.33. The Hall–Kier alpha value is -0.390. The second kappa shape index (κ2) is 6.12. The van der Waals surface area contributed by atoms with Gasteiger partial charge in [0.2, 0.25) is 0 Å². The highest BCUT2D eigenvalue weighted by molar-refractivity contribution is 8.02. The molecule has 0 aliphatic heterocycles. The smallest absolute Gasteiger partial charge is 0.408 e. The van der Waals surface area contributed by atoms with Crippen molar-refractivity contribution in [2.24, 2.45) is 5.73 Å². The first-order valence-corrected chi connectivity index (χ1v) is 4.87. The minimum Gasteiger partial charge on any atom is -0.480 e. The summed E-state index contributed by atoms with van der Waals surface area (Å²) in [6, 6.07) is -1.23. The van der Waals surface area contributed by atoms with Crippen molar-refractivity contribution in [3.05, 3.63) is 0 Å². The Kier molecular flexibility index (Phi) is 7.11. The lowest BCUT2D eigenvalue weighted by atomic mass is 10.4. The largest absolute Gasteiger partial charge is 0.480 e. The fraction of sp³-hybridized carbons (Fsp3) is 0.667. The molecule has 0 aliphatic rings. The number of rotatable bonds is 5. The lowest BCUT2D eigenvalue weighted by Crippen LogP contribution is -2.32. The van der Waals surface area contributed by atoms with Gasteiger partial charge in [-0.15, -0.1) is 0 Å². The van der Waals surface area contributed by atoms with Crippen LogP contribution in [0.5, 0.6) is 0 Å². The number of carboxylic acids is 1. The predicted octanol–water partition coefficient (Wildman–Crippen LogP) is -1.96. The van der Waals surface area contributed by atoms with E-state index < -0.39 is 22.4 Å². The highest BCUT2D eigenvalue weighted by Crippen LogP contribution is 2.07. The zero-order valence-electron chi connectivity index (χ0n) is 6.21. The van der Waals surface area contributed by atoms with Gasteiger partial charge in [0.25, 0.3) is 0 Å². The lowest BCUT2D eigenvalue weighted by Gasteiger charge is -2.02. The predicted molar refractivity (Wildman–Crippen MR) is 44.3 cm³/mol. The molecule has 0 saturated carbocycles. The second-order valence-electron chi connectivity index (χ2n) is 1.73. The third-order valence-corrected chi connectivity index (χ3v) is 2.27. The summed E-state index contributed by atoms with van der Waals surface area (Å²) in [4.78, 5) is 10.0. The standard InChI is InChI=1S/C3H7NO6S2.H2O/c4-2(3(5)6)1-11-10-12(7,8)9;/h2H,1,4H2,(H,5,6)(H,7,8,9);1H2/t2-;/m0./s1. The molecular formula is C3H9NO7S2. The van der Waals surface area contributed by atoms with E-state index in [4.69, 9.17) is 15.4 Å². The molecule has 80 valence electrons. The summed E-state index contributed by atoms with van der Waals surface area (Å²) in [6.45, 7) is 0. The van der Waals surface area contributed by atoms with E-state index in [9.17, 15) is 13.2 Å². The molecule has 10 heteroatoms. The average Bonchev–Trinajstić information content (AvgIpc) is 1.84. The molecule has 8 nitrogen and oxygen atoms in total. The Labute approximate surface area is 78.5 Å². The summed E-state index contributed by atoms with van der Waals surface area (Å²) in [7, 11) is -4.53. The number of aliphatic carboxylic acids is 1. The van der Waals surface area contributed by atoms with Gasteiger partial charge in [0.05, 0.1) is 0 Å². The lowest BCUT2D eigenvalue weighted by molar-refractivity contribution is -0.137. The van der Waals surface area contributed by atoms with Crippen molar-refractivity contribution in [2.45, 2.75) is 6.04 Å². The topological polar surface area (TPSA) is 158 Å². The molecule has 0 aromatic carbocycles. The summed E-state index contributed by atoms with van der Waals surface area (Å²) in [5.41, 5.74) is 4.97. The number of hydrogen-bond donors (Lipinski definition) is 3. The van der Waals surface area contributed by atoms with Crippen LogP contribution in [0.2, 0.25) is 0 Å². The van der Waals surface area contributed by atoms with Crippen LogP contribution >= 0.6 is 12.0 Å².